The van der Waals surface area contributed by atoms with E-state index in [0.717, 1.165) is 0 Å². The van der Waals surface area contributed by atoms with Crippen molar-refractivity contribution in [2.45, 2.75) is 19.8 Å². The Kier molecular flexibility index (Phi) is 4.94. The lowest BCUT2D eigenvalue weighted by Gasteiger charge is -2.06. The molecule has 1 aromatic rings. The Balaban J connectivity index is 2.64. The van der Waals surface area contributed by atoms with Crippen molar-refractivity contribution >= 4 is 17.6 Å². The minimum absolute atomic E-state index is 0.439. The van der Waals surface area contributed by atoms with Crippen LogP contribution < -0.4 is 5.32 Å². The number of benzene rings is 1. The second-order valence-electron chi connectivity index (χ2n) is 3.97. The standard InChI is InChI=1S/C14H15NO3/c1-10(2)11-4-6-12(7-5-11)15-13(16)8-9-14(17)18-3/h4-7,10H,1-3H3,(H,15,16). The number of anilines is 1. The minimum atomic E-state index is -0.736. The van der Waals surface area contributed by atoms with Crippen LogP contribution in [0.25, 0.3) is 0 Å². The minimum Gasteiger partial charge on any atom is -0.459 e. The van der Waals surface area contributed by atoms with Crippen LogP contribution in [0.5, 0.6) is 0 Å². The summed E-state index contributed by atoms with van der Waals surface area (Å²) in [7, 11) is 1.21. The number of nitrogens with one attached hydrogen (secondary N) is 1. The van der Waals surface area contributed by atoms with Gasteiger partial charge in [0.25, 0.3) is 0 Å². The van der Waals surface area contributed by atoms with Gasteiger partial charge in [0.15, 0.2) is 0 Å². The molecule has 0 saturated heterocycles. The second-order valence-corrected chi connectivity index (χ2v) is 3.97. The number of hydrogen-bond donors (Lipinski definition) is 1. The Bertz CT molecular complexity index is 492. The summed E-state index contributed by atoms with van der Waals surface area (Å²) in [5.74, 6) is 3.36. The lowest BCUT2D eigenvalue weighted by molar-refractivity contribution is -0.133. The van der Waals surface area contributed by atoms with E-state index >= 15 is 0 Å². The van der Waals surface area contributed by atoms with Crippen molar-refractivity contribution in [2.24, 2.45) is 0 Å². The molecular formula is C14H15NO3. The molecule has 1 amide bonds. The maximum Gasteiger partial charge on any atom is 0.384 e. The van der Waals surface area contributed by atoms with Crippen LogP contribution in [0.2, 0.25) is 0 Å². The van der Waals surface area contributed by atoms with E-state index in [1.165, 1.54) is 12.7 Å². The first-order valence-electron chi connectivity index (χ1n) is 5.54. The molecule has 0 aliphatic rings. The van der Waals surface area contributed by atoms with Gasteiger partial charge >= 0.3 is 11.9 Å². The molecule has 0 heterocycles. The number of ether oxygens (including phenoxy) is 1. The molecule has 1 N–H and O–H groups in total. The van der Waals surface area contributed by atoms with E-state index in [0.29, 0.717) is 11.6 Å². The predicted molar refractivity (Wildman–Crippen MR) is 69.0 cm³/mol. The summed E-state index contributed by atoms with van der Waals surface area (Å²) >= 11 is 0. The summed E-state index contributed by atoms with van der Waals surface area (Å²) in [5, 5.41) is 2.57. The maximum absolute atomic E-state index is 11.4. The SMILES string of the molecule is COC(=O)C#CC(=O)Nc1ccc(C(C)C)cc1. The van der Waals surface area contributed by atoms with Gasteiger partial charge in [0.05, 0.1) is 7.11 Å². The number of hydrogen-bond acceptors (Lipinski definition) is 3. The zero-order valence-electron chi connectivity index (χ0n) is 10.6. The van der Waals surface area contributed by atoms with Gasteiger partial charge < -0.3 is 10.1 Å². The molecule has 18 heavy (non-hydrogen) atoms. The smallest absolute Gasteiger partial charge is 0.384 e. The Labute approximate surface area is 106 Å². The summed E-state index contributed by atoms with van der Waals surface area (Å²) in [6.45, 7) is 4.19. The monoisotopic (exact) mass is 245 g/mol. The summed E-state index contributed by atoms with van der Waals surface area (Å²) < 4.78 is 4.30. The van der Waals surface area contributed by atoms with Gasteiger partial charge in [-0.05, 0) is 23.6 Å². The third-order valence-electron chi connectivity index (χ3n) is 2.30. The van der Waals surface area contributed by atoms with Gasteiger partial charge in [-0.15, -0.1) is 0 Å². The van der Waals surface area contributed by atoms with Gasteiger partial charge in [-0.1, -0.05) is 26.0 Å². The third-order valence-corrected chi connectivity index (χ3v) is 2.30. The van der Waals surface area contributed by atoms with Gasteiger partial charge in [-0.3, -0.25) is 4.79 Å². The molecule has 0 spiro atoms. The molecule has 0 radical (unpaired) electrons. The number of amides is 1. The average molecular weight is 245 g/mol. The van der Waals surface area contributed by atoms with Crippen LogP contribution in [0, 0.1) is 11.8 Å². The van der Waals surface area contributed by atoms with E-state index in [-0.39, 0.29) is 0 Å². The maximum atomic E-state index is 11.4. The zero-order valence-corrected chi connectivity index (χ0v) is 10.6. The summed E-state index contributed by atoms with van der Waals surface area (Å²) in [4.78, 5) is 22.1. The largest absolute Gasteiger partial charge is 0.459 e. The molecule has 0 atom stereocenters. The van der Waals surface area contributed by atoms with Gasteiger partial charge in [-0.2, -0.15) is 0 Å². The fraction of sp³-hybridized carbons (Fsp3) is 0.286. The third kappa shape index (κ3) is 4.30. The lowest BCUT2D eigenvalue weighted by Crippen LogP contribution is -2.09. The van der Waals surface area contributed by atoms with E-state index in [1.54, 1.807) is 12.1 Å². The molecule has 1 aromatic carbocycles. The van der Waals surface area contributed by atoms with Crippen molar-refractivity contribution in [1.29, 1.82) is 0 Å². The van der Waals surface area contributed by atoms with Crippen molar-refractivity contribution < 1.29 is 14.3 Å². The van der Waals surface area contributed by atoms with Gasteiger partial charge in [-0.25, -0.2) is 4.79 Å². The molecule has 0 fully saturated rings. The average Bonchev–Trinajstić information content (AvgIpc) is 2.36. The summed E-state index contributed by atoms with van der Waals surface area (Å²) in [6, 6.07) is 7.47. The van der Waals surface area contributed by atoms with Gasteiger partial charge in [0.1, 0.15) is 0 Å². The van der Waals surface area contributed by atoms with Crippen LogP contribution in [-0.2, 0) is 14.3 Å². The number of esters is 1. The molecule has 4 nitrogen and oxygen atoms in total. The quantitative estimate of drug-likeness (QED) is 0.492. The Morgan fingerprint density at radius 2 is 1.78 bits per heavy atom. The Hall–Kier alpha value is -2.28. The molecule has 0 unspecified atom stereocenters. The molecule has 0 aliphatic heterocycles. The molecule has 0 aromatic heterocycles. The fourth-order valence-electron chi connectivity index (χ4n) is 1.27. The Morgan fingerprint density at radius 1 is 1.17 bits per heavy atom. The summed E-state index contributed by atoms with van der Waals surface area (Å²) in [6.07, 6.45) is 0. The molecule has 0 aliphatic carbocycles. The Morgan fingerprint density at radius 3 is 2.28 bits per heavy atom. The lowest BCUT2D eigenvalue weighted by atomic mass is 10.0. The highest BCUT2D eigenvalue weighted by Crippen LogP contribution is 2.16. The number of carbonyl (C=O) groups is 2. The molecule has 0 bridgehead atoms. The molecule has 4 heteroatoms. The van der Waals surface area contributed by atoms with Crippen molar-refractivity contribution in [2.75, 3.05) is 12.4 Å². The van der Waals surface area contributed by atoms with Crippen LogP contribution in [0.15, 0.2) is 24.3 Å². The molecular weight excluding hydrogens is 230 g/mol. The fourth-order valence-corrected chi connectivity index (χ4v) is 1.27. The van der Waals surface area contributed by atoms with E-state index < -0.39 is 11.9 Å². The van der Waals surface area contributed by atoms with Crippen LogP contribution in [0.4, 0.5) is 5.69 Å². The molecule has 0 saturated carbocycles. The van der Waals surface area contributed by atoms with Crippen molar-refractivity contribution in [3.63, 3.8) is 0 Å². The first-order chi connectivity index (χ1) is 8.52. The number of methoxy groups -OCH3 is 1. The van der Waals surface area contributed by atoms with Crippen molar-refractivity contribution in [3.8, 4) is 11.8 Å². The van der Waals surface area contributed by atoms with Gasteiger partial charge in [0, 0.05) is 17.5 Å². The number of rotatable bonds is 2. The van der Waals surface area contributed by atoms with Crippen LogP contribution in [0.1, 0.15) is 25.3 Å². The van der Waals surface area contributed by atoms with E-state index in [4.69, 9.17) is 0 Å². The highest BCUT2D eigenvalue weighted by Gasteiger charge is 2.01. The van der Waals surface area contributed by atoms with Crippen molar-refractivity contribution in [3.05, 3.63) is 29.8 Å². The highest BCUT2D eigenvalue weighted by molar-refractivity contribution is 6.07. The number of carbonyl (C=O) groups excluding carboxylic acids is 2. The second kappa shape index (κ2) is 6.45. The predicted octanol–water partition coefficient (Wildman–Crippen LogP) is 1.92. The highest BCUT2D eigenvalue weighted by atomic mass is 16.5. The normalized spacial score (nSPS) is 9.33. The van der Waals surface area contributed by atoms with Gasteiger partial charge in [0.2, 0.25) is 0 Å². The first kappa shape index (κ1) is 13.8. The van der Waals surface area contributed by atoms with Crippen LogP contribution in [0.3, 0.4) is 0 Å². The molecule has 1 rings (SSSR count). The van der Waals surface area contributed by atoms with E-state index in [2.05, 4.69) is 35.7 Å². The topological polar surface area (TPSA) is 55.4 Å². The summed E-state index contributed by atoms with van der Waals surface area (Å²) in [5.41, 5.74) is 1.83. The van der Waals surface area contributed by atoms with E-state index in [9.17, 15) is 9.59 Å². The van der Waals surface area contributed by atoms with Crippen LogP contribution >= 0.6 is 0 Å². The van der Waals surface area contributed by atoms with E-state index in [1.807, 2.05) is 12.1 Å². The molecule has 94 valence electrons. The van der Waals surface area contributed by atoms with Crippen molar-refractivity contribution in [1.82, 2.24) is 0 Å². The zero-order chi connectivity index (χ0) is 13.5. The first-order valence-corrected chi connectivity index (χ1v) is 5.54. The van der Waals surface area contributed by atoms with Crippen LogP contribution in [-0.4, -0.2) is 19.0 Å².